The van der Waals surface area contributed by atoms with Crippen LogP contribution < -0.4 is 0 Å². The average molecular weight is 170 g/mol. The minimum Gasteiger partial charge on any atom is -0.465 e. The molecule has 1 aromatic heterocycles. The van der Waals surface area contributed by atoms with Gasteiger partial charge in [0.1, 0.15) is 11.3 Å². The number of aliphatic hydroxyl groups excluding tert-OH is 1. The molecule has 0 aliphatic carbocycles. The van der Waals surface area contributed by atoms with Gasteiger partial charge in [-0.1, -0.05) is 0 Å². The van der Waals surface area contributed by atoms with E-state index >= 15 is 0 Å². The molecule has 0 spiro atoms. The van der Waals surface area contributed by atoms with E-state index in [0.29, 0.717) is 11.3 Å². The van der Waals surface area contributed by atoms with Crippen molar-refractivity contribution in [2.24, 2.45) is 7.05 Å². The van der Waals surface area contributed by atoms with E-state index in [1.807, 2.05) is 0 Å². The zero-order chi connectivity index (χ0) is 9.14. The Morgan fingerprint density at radius 2 is 2.50 bits per heavy atom. The monoisotopic (exact) mass is 170 g/mol. The van der Waals surface area contributed by atoms with Crippen LogP contribution in [0.3, 0.4) is 0 Å². The van der Waals surface area contributed by atoms with Gasteiger partial charge < -0.3 is 9.84 Å². The first-order valence-corrected chi connectivity index (χ1v) is 3.40. The number of esters is 1. The van der Waals surface area contributed by atoms with E-state index in [-0.39, 0.29) is 6.61 Å². The first-order valence-electron chi connectivity index (χ1n) is 3.40. The number of ether oxygens (including phenoxy) is 1. The van der Waals surface area contributed by atoms with Crippen molar-refractivity contribution in [3.8, 4) is 0 Å². The molecule has 1 rings (SSSR count). The SMILES string of the molecule is COC(=O)c1cn(C)nc1CO. The van der Waals surface area contributed by atoms with E-state index in [9.17, 15) is 4.79 Å². The van der Waals surface area contributed by atoms with Crippen molar-refractivity contribution in [3.05, 3.63) is 17.5 Å². The smallest absolute Gasteiger partial charge is 0.341 e. The van der Waals surface area contributed by atoms with E-state index in [4.69, 9.17) is 5.11 Å². The highest BCUT2D eigenvalue weighted by Crippen LogP contribution is 2.06. The fourth-order valence-corrected chi connectivity index (χ4v) is 0.932. The first-order chi connectivity index (χ1) is 5.69. The number of carbonyl (C=O) groups excluding carboxylic acids is 1. The molecule has 0 fully saturated rings. The van der Waals surface area contributed by atoms with Crippen molar-refractivity contribution >= 4 is 5.97 Å². The quantitative estimate of drug-likeness (QED) is 0.619. The third-order valence-electron chi connectivity index (χ3n) is 1.46. The molecule has 12 heavy (non-hydrogen) atoms. The number of carbonyl (C=O) groups is 1. The lowest BCUT2D eigenvalue weighted by Crippen LogP contribution is -2.03. The average Bonchev–Trinajstić information content (AvgIpc) is 2.45. The Labute approximate surface area is 69.6 Å². The number of hydrogen-bond donors (Lipinski definition) is 1. The Balaban J connectivity index is 3.04. The molecule has 1 heterocycles. The van der Waals surface area contributed by atoms with Crippen LogP contribution in [0.4, 0.5) is 0 Å². The van der Waals surface area contributed by atoms with Gasteiger partial charge in [-0.3, -0.25) is 4.68 Å². The standard InChI is InChI=1S/C7H10N2O3/c1-9-3-5(7(11)12-2)6(4-10)8-9/h3,10H,4H2,1-2H3. The molecule has 1 N–H and O–H groups in total. The molecule has 0 saturated carbocycles. The van der Waals surface area contributed by atoms with Crippen LogP contribution in [0.25, 0.3) is 0 Å². The fourth-order valence-electron chi connectivity index (χ4n) is 0.932. The first kappa shape index (κ1) is 8.73. The zero-order valence-electron chi connectivity index (χ0n) is 6.94. The molecule has 0 atom stereocenters. The molecule has 0 unspecified atom stereocenters. The molecule has 0 aliphatic rings. The highest BCUT2D eigenvalue weighted by atomic mass is 16.5. The van der Waals surface area contributed by atoms with Crippen molar-refractivity contribution in [1.29, 1.82) is 0 Å². The molecule has 0 aliphatic heterocycles. The van der Waals surface area contributed by atoms with Crippen LogP contribution in [-0.4, -0.2) is 28.0 Å². The van der Waals surface area contributed by atoms with Gasteiger partial charge in [0.15, 0.2) is 0 Å². The summed E-state index contributed by atoms with van der Waals surface area (Å²) in [5.74, 6) is -0.479. The van der Waals surface area contributed by atoms with E-state index in [1.54, 1.807) is 7.05 Å². The Bertz CT molecular complexity index is 293. The molecule has 1 aromatic rings. The van der Waals surface area contributed by atoms with Crippen LogP contribution in [0.15, 0.2) is 6.20 Å². The van der Waals surface area contributed by atoms with Gasteiger partial charge in [0.05, 0.1) is 13.7 Å². The van der Waals surface area contributed by atoms with Crippen molar-refractivity contribution in [2.45, 2.75) is 6.61 Å². The van der Waals surface area contributed by atoms with Gasteiger partial charge in [0, 0.05) is 13.2 Å². The lowest BCUT2D eigenvalue weighted by atomic mass is 10.2. The largest absolute Gasteiger partial charge is 0.465 e. The normalized spacial score (nSPS) is 9.92. The maximum atomic E-state index is 11.0. The highest BCUT2D eigenvalue weighted by Gasteiger charge is 2.14. The molecule has 0 radical (unpaired) electrons. The number of methoxy groups -OCH3 is 1. The molecular formula is C7H10N2O3. The molecule has 0 aromatic carbocycles. The summed E-state index contributed by atoms with van der Waals surface area (Å²) in [6.07, 6.45) is 1.51. The van der Waals surface area contributed by atoms with Crippen molar-refractivity contribution in [2.75, 3.05) is 7.11 Å². The second kappa shape index (κ2) is 3.36. The lowest BCUT2D eigenvalue weighted by molar-refractivity contribution is 0.0597. The Hall–Kier alpha value is -1.36. The molecule has 0 saturated heterocycles. The summed E-state index contributed by atoms with van der Waals surface area (Å²) in [4.78, 5) is 11.0. The third-order valence-corrected chi connectivity index (χ3v) is 1.46. The number of hydrogen-bond acceptors (Lipinski definition) is 4. The van der Waals surface area contributed by atoms with Crippen LogP contribution in [0.1, 0.15) is 16.1 Å². The van der Waals surface area contributed by atoms with Gasteiger partial charge in [-0.25, -0.2) is 4.79 Å². The second-order valence-electron chi connectivity index (χ2n) is 2.31. The lowest BCUT2D eigenvalue weighted by Gasteiger charge is -1.95. The van der Waals surface area contributed by atoms with Gasteiger partial charge >= 0.3 is 5.97 Å². The Morgan fingerprint density at radius 3 is 3.00 bits per heavy atom. The summed E-state index contributed by atoms with van der Waals surface area (Å²) in [7, 11) is 2.96. The van der Waals surface area contributed by atoms with Crippen molar-refractivity contribution in [1.82, 2.24) is 9.78 Å². The summed E-state index contributed by atoms with van der Waals surface area (Å²) >= 11 is 0. The number of aryl methyl sites for hydroxylation is 1. The summed E-state index contributed by atoms with van der Waals surface area (Å²) in [6, 6.07) is 0. The van der Waals surface area contributed by atoms with Gasteiger partial charge in [0.25, 0.3) is 0 Å². The van der Waals surface area contributed by atoms with Gasteiger partial charge in [-0.2, -0.15) is 5.10 Å². The van der Waals surface area contributed by atoms with Crippen molar-refractivity contribution in [3.63, 3.8) is 0 Å². The maximum Gasteiger partial charge on any atom is 0.341 e. The molecule has 0 amide bonds. The maximum absolute atomic E-state index is 11.0. The van der Waals surface area contributed by atoms with Crippen LogP contribution in [0.2, 0.25) is 0 Å². The fraction of sp³-hybridized carbons (Fsp3) is 0.429. The number of aromatic nitrogens is 2. The van der Waals surface area contributed by atoms with Gasteiger partial charge in [0.2, 0.25) is 0 Å². The number of aliphatic hydroxyl groups is 1. The van der Waals surface area contributed by atoms with E-state index < -0.39 is 5.97 Å². The predicted molar refractivity (Wildman–Crippen MR) is 40.5 cm³/mol. The van der Waals surface area contributed by atoms with Gasteiger partial charge in [-0.05, 0) is 0 Å². The zero-order valence-corrected chi connectivity index (χ0v) is 6.94. The molecule has 66 valence electrons. The summed E-state index contributed by atoms with van der Waals surface area (Å²) in [5.41, 5.74) is 0.645. The van der Waals surface area contributed by atoms with Crippen LogP contribution in [0.5, 0.6) is 0 Å². The molecule has 0 bridgehead atoms. The van der Waals surface area contributed by atoms with E-state index in [2.05, 4.69) is 9.84 Å². The molecule has 5 nitrogen and oxygen atoms in total. The minimum absolute atomic E-state index is 0.259. The Kier molecular flexibility index (Phi) is 2.44. The van der Waals surface area contributed by atoms with E-state index in [0.717, 1.165) is 0 Å². The minimum atomic E-state index is -0.479. The van der Waals surface area contributed by atoms with Crippen molar-refractivity contribution < 1.29 is 14.6 Å². The van der Waals surface area contributed by atoms with E-state index in [1.165, 1.54) is 18.0 Å². The topological polar surface area (TPSA) is 64.4 Å². The van der Waals surface area contributed by atoms with Gasteiger partial charge in [-0.15, -0.1) is 0 Å². The van der Waals surface area contributed by atoms with Crippen LogP contribution in [-0.2, 0) is 18.4 Å². The summed E-state index contributed by atoms with van der Waals surface area (Å²) in [6.45, 7) is -0.259. The number of nitrogens with zero attached hydrogens (tertiary/aromatic N) is 2. The molecular weight excluding hydrogens is 160 g/mol. The predicted octanol–water partition coefficient (Wildman–Crippen LogP) is -0.301. The number of rotatable bonds is 2. The third kappa shape index (κ3) is 1.45. The highest BCUT2D eigenvalue weighted by molar-refractivity contribution is 5.90. The summed E-state index contributed by atoms with van der Waals surface area (Å²) < 4.78 is 5.94. The molecule has 5 heteroatoms. The Morgan fingerprint density at radius 1 is 1.83 bits per heavy atom. The van der Waals surface area contributed by atoms with Crippen LogP contribution in [0, 0.1) is 0 Å². The second-order valence-corrected chi connectivity index (χ2v) is 2.31. The van der Waals surface area contributed by atoms with Crippen LogP contribution >= 0.6 is 0 Å². The summed E-state index contributed by atoms with van der Waals surface area (Å²) in [5, 5.41) is 12.7.